The standard InChI is InChI=1S/C19H23Cl2N5O2S.2ClH/c1-3-26(4-2)6-5-24-17(27)12-7-11(14-10-15(20)29-16(14)21)8-13(9-12)18(28)25-19(22)23;;/h7-10H,3-6H2,1-2H3,(H,24,27)(H4,22,23,25,28);2*1H. The lowest BCUT2D eigenvalue weighted by Crippen LogP contribution is -2.34. The molecule has 0 bridgehead atoms. The number of amides is 2. The molecular formula is C19H25Cl4N5O2S. The second kappa shape index (κ2) is 13.8. The topological polar surface area (TPSA) is 114 Å². The molecule has 0 spiro atoms. The predicted molar refractivity (Wildman–Crippen MR) is 135 cm³/mol. The van der Waals surface area contributed by atoms with Crippen LogP contribution in [0.3, 0.4) is 0 Å². The van der Waals surface area contributed by atoms with Crippen LogP contribution in [0.4, 0.5) is 0 Å². The minimum absolute atomic E-state index is 0. The van der Waals surface area contributed by atoms with Crippen molar-refractivity contribution in [3.8, 4) is 11.1 Å². The normalized spacial score (nSPS) is 10.1. The molecule has 5 N–H and O–H groups in total. The number of guanidine groups is 1. The van der Waals surface area contributed by atoms with Crippen molar-refractivity contribution in [1.82, 2.24) is 10.2 Å². The van der Waals surface area contributed by atoms with Crippen LogP contribution in [0.1, 0.15) is 34.6 Å². The summed E-state index contributed by atoms with van der Waals surface area (Å²) in [4.78, 5) is 30.8. The highest BCUT2D eigenvalue weighted by molar-refractivity contribution is 7.20. The monoisotopic (exact) mass is 527 g/mol. The number of rotatable bonds is 8. The summed E-state index contributed by atoms with van der Waals surface area (Å²) in [5.41, 5.74) is 12.3. The first-order valence-electron chi connectivity index (χ1n) is 8.99. The van der Waals surface area contributed by atoms with Gasteiger partial charge in [-0.1, -0.05) is 37.0 Å². The molecule has 0 radical (unpaired) electrons. The molecule has 7 nitrogen and oxygen atoms in total. The number of carbonyl (C=O) groups excluding carboxylic acids is 2. The van der Waals surface area contributed by atoms with Crippen molar-refractivity contribution in [2.24, 2.45) is 16.5 Å². The van der Waals surface area contributed by atoms with Crippen molar-refractivity contribution in [1.29, 1.82) is 0 Å². The quantitative estimate of drug-likeness (QED) is 0.353. The number of likely N-dealkylation sites (N-methyl/N-ethyl adjacent to an activating group) is 1. The molecule has 2 aromatic rings. The highest BCUT2D eigenvalue weighted by atomic mass is 35.5. The Hall–Kier alpha value is -1.55. The van der Waals surface area contributed by atoms with Gasteiger partial charge in [0.1, 0.15) is 4.34 Å². The minimum atomic E-state index is -0.651. The molecule has 0 aliphatic rings. The van der Waals surface area contributed by atoms with Gasteiger partial charge >= 0.3 is 0 Å². The maximum absolute atomic E-state index is 12.7. The molecule has 0 saturated carbocycles. The molecule has 172 valence electrons. The van der Waals surface area contributed by atoms with Gasteiger partial charge in [0.25, 0.3) is 11.8 Å². The summed E-state index contributed by atoms with van der Waals surface area (Å²) in [6, 6.07) is 6.36. The molecule has 0 aliphatic heterocycles. The molecule has 1 heterocycles. The summed E-state index contributed by atoms with van der Waals surface area (Å²) in [5, 5.41) is 2.87. The lowest BCUT2D eigenvalue weighted by molar-refractivity contribution is 0.0949. The molecule has 0 unspecified atom stereocenters. The van der Waals surface area contributed by atoms with E-state index in [9.17, 15) is 9.59 Å². The van der Waals surface area contributed by atoms with Gasteiger partial charge in [-0.3, -0.25) is 9.59 Å². The molecule has 12 heteroatoms. The fourth-order valence-corrected chi connectivity index (χ4v) is 4.23. The van der Waals surface area contributed by atoms with E-state index >= 15 is 0 Å². The van der Waals surface area contributed by atoms with Crippen LogP contribution in [0.2, 0.25) is 8.67 Å². The van der Waals surface area contributed by atoms with E-state index in [4.69, 9.17) is 34.7 Å². The molecule has 0 fully saturated rings. The van der Waals surface area contributed by atoms with Crippen molar-refractivity contribution in [2.75, 3.05) is 26.2 Å². The van der Waals surface area contributed by atoms with Crippen LogP contribution in [-0.4, -0.2) is 48.9 Å². The Morgan fingerprint density at radius 1 is 1.06 bits per heavy atom. The fourth-order valence-electron chi connectivity index (χ4n) is 2.73. The van der Waals surface area contributed by atoms with Gasteiger partial charge < -0.3 is 21.7 Å². The highest BCUT2D eigenvalue weighted by Crippen LogP contribution is 2.38. The summed E-state index contributed by atoms with van der Waals surface area (Å²) in [5.74, 6) is -1.32. The van der Waals surface area contributed by atoms with Gasteiger partial charge in [0.05, 0.1) is 4.34 Å². The average Bonchev–Trinajstić information content (AvgIpc) is 3.02. The van der Waals surface area contributed by atoms with Gasteiger partial charge in [-0.15, -0.1) is 36.2 Å². The number of halogens is 4. The fraction of sp³-hybridized carbons (Fsp3) is 0.316. The van der Waals surface area contributed by atoms with Crippen LogP contribution in [-0.2, 0) is 0 Å². The molecule has 1 aromatic heterocycles. The van der Waals surface area contributed by atoms with Gasteiger partial charge in [0.2, 0.25) is 0 Å². The Morgan fingerprint density at radius 2 is 1.68 bits per heavy atom. The lowest BCUT2D eigenvalue weighted by Gasteiger charge is -2.18. The number of benzene rings is 1. The van der Waals surface area contributed by atoms with Crippen molar-refractivity contribution in [3.63, 3.8) is 0 Å². The third kappa shape index (κ3) is 8.48. The Labute approximate surface area is 208 Å². The van der Waals surface area contributed by atoms with Gasteiger partial charge in [-0.05, 0) is 42.9 Å². The van der Waals surface area contributed by atoms with Crippen molar-refractivity contribution in [3.05, 3.63) is 44.1 Å². The van der Waals surface area contributed by atoms with Crippen LogP contribution < -0.4 is 16.8 Å². The highest BCUT2D eigenvalue weighted by Gasteiger charge is 2.17. The first kappa shape index (κ1) is 29.5. The first-order valence-corrected chi connectivity index (χ1v) is 10.6. The van der Waals surface area contributed by atoms with Crippen molar-refractivity contribution in [2.45, 2.75) is 13.8 Å². The molecule has 2 rings (SSSR count). The number of nitrogens with one attached hydrogen (secondary N) is 1. The predicted octanol–water partition coefficient (Wildman–Crippen LogP) is 4.05. The van der Waals surface area contributed by atoms with E-state index < -0.39 is 5.91 Å². The summed E-state index contributed by atoms with van der Waals surface area (Å²) >= 11 is 13.5. The van der Waals surface area contributed by atoms with Crippen molar-refractivity contribution >= 4 is 77.1 Å². The Bertz CT molecular complexity index is 928. The zero-order chi connectivity index (χ0) is 21.6. The van der Waals surface area contributed by atoms with Crippen LogP contribution in [0.5, 0.6) is 0 Å². The van der Waals surface area contributed by atoms with Gasteiger partial charge in [0.15, 0.2) is 5.96 Å². The van der Waals surface area contributed by atoms with Crippen LogP contribution in [0.15, 0.2) is 29.3 Å². The number of thiophene rings is 1. The van der Waals surface area contributed by atoms with Gasteiger partial charge in [0, 0.05) is 29.8 Å². The van der Waals surface area contributed by atoms with E-state index in [-0.39, 0.29) is 42.2 Å². The number of carbonyl (C=O) groups is 2. The Kier molecular flexibility index (Phi) is 13.1. The molecule has 2 amide bonds. The van der Waals surface area contributed by atoms with Crippen LogP contribution in [0.25, 0.3) is 11.1 Å². The third-order valence-corrected chi connectivity index (χ3v) is 5.74. The van der Waals surface area contributed by atoms with Crippen LogP contribution in [0, 0.1) is 0 Å². The number of nitrogens with two attached hydrogens (primary N) is 2. The molecule has 0 atom stereocenters. The maximum atomic E-state index is 12.7. The average molecular weight is 529 g/mol. The first-order chi connectivity index (χ1) is 13.7. The molecular weight excluding hydrogens is 504 g/mol. The maximum Gasteiger partial charge on any atom is 0.280 e. The number of hydrogen-bond donors (Lipinski definition) is 3. The molecule has 0 aliphatic carbocycles. The third-order valence-electron chi connectivity index (χ3n) is 4.25. The smallest absolute Gasteiger partial charge is 0.280 e. The zero-order valence-corrected chi connectivity index (χ0v) is 20.9. The lowest BCUT2D eigenvalue weighted by atomic mass is 10.0. The van der Waals surface area contributed by atoms with E-state index in [1.807, 2.05) is 0 Å². The van der Waals surface area contributed by atoms with E-state index in [1.54, 1.807) is 18.2 Å². The van der Waals surface area contributed by atoms with E-state index in [0.29, 0.717) is 31.9 Å². The SMILES string of the molecule is CCN(CC)CCNC(=O)c1cc(C(=O)N=C(N)N)cc(-c2cc(Cl)sc2Cl)c1.Cl.Cl. The molecule has 1 aromatic carbocycles. The number of aliphatic imine (C=N–C) groups is 1. The summed E-state index contributed by atoms with van der Waals surface area (Å²) in [6.07, 6.45) is 0. The summed E-state index contributed by atoms with van der Waals surface area (Å²) < 4.78 is 0.950. The summed E-state index contributed by atoms with van der Waals surface area (Å²) in [7, 11) is 0. The second-order valence-electron chi connectivity index (χ2n) is 6.16. The minimum Gasteiger partial charge on any atom is -0.370 e. The molecule has 0 saturated heterocycles. The number of nitrogens with zero attached hydrogens (tertiary/aromatic N) is 2. The molecule has 31 heavy (non-hydrogen) atoms. The van der Waals surface area contributed by atoms with Crippen LogP contribution >= 0.6 is 59.4 Å². The Morgan fingerprint density at radius 3 is 2.19 bits per heavy atom. The second-order valence-corrected chi connectivity index (χ2v) is 8.45. The Balaban J connectivity index is 0.00000450. The number of hydrogen-bond acceptors (Lipinski definition) is 4. The van der Waals surface area contributed by atoms with E-state index in [2.05, 4.69) is 29.1 Å². The van der Waals surface area contributed by atoms with E-state index in [0.717, 1.165) is 19.6 Å². The van der Waals surface area contributed by atoms with E-state index in [1.165, 1.54) is 17.4 Å². The largest absolute Gasteiger partial charge is 0.370 e. The van der Waals surface area contributed by atoms with Gasteiger partial charge in [-0.2, -0.15) is 4.99 Å². The summed E-state index contributed by atoms with van der Waals surface area (Å²) in [6.45, 7) is 7.13. The zero-order valence-electron chi connectivity index (χ0n) is 17.0. The van der Waals surface area contributed by atoms with Gasteiger partial charge in [-0.25, -0.2) is 0 Å². The van der Waals surface area contributed by atoms with Crippen molar-refractivity contribution < 1.29 is 9.59 Å².